The van der Waals surface area contributed by atoms with Crippen molar-refractivity contribution in [3.63, 3.8) is 0 Å². The van der Waals surface area contributed by atoms with Gasteiger partial charge < -0.3 is 14.8 Å². The Morgan fingerprint density at radius 2 is 1.57 bits per heavy atom. The van der Waals surface area contributed by atoms with Crippen molar-refractivity contribution in [1.82, 2.24) is 4.31 Å². The van der Waals surface area contributed by atoms with Gasteiger partial charge in [-0.3, -0.25) is 4.79 Å². The maximum Gasteiger partial charge on any atom is 0.255 e. The first-order chi connectivity index (χ1) is 13.4. The third-order valence-electron chi connectivity index (χ3n) is 4.52. The summed E-state index contributed by atoms with van der Waals surface area (Å²) in [5.41, 5.74) is 0.844. The lowest BCUT2D eigenvalue weighted by Crippen LogP contribution is -2.27. The molecule has 0 bridgehead atoms. The molecule has 1 aliphatic rings. The van der Waals surface area contributed by atoms with E-state index in [0.717, 1.165) is 12.8 Å². The quantitative estimate of drug-likeness (QED) is 0.700. The highest BCUT2D eigenvalue weighted by Gasteiger charge is 2.27. The van der Waals surface area contributed by atoms with Gasteiger partial charge in [0.2, 0.25) is 10.0 Å². The summed E-state index contributed by atoms with van der Waals surface area (Å²) in [5, 5.41) is 2.75. The molecule has 1 fully saturated rings. The summed E-state index contributed by atoms with van der Waals surface area (Å²) in [5.74, 6) is 0.576. The Kier molecular flexibility index (Phi) is 6.26. The number of methoxy groups -OCH3 is 2. The molecule has 2 aromatic carbocycles. The van der Waals surface area contributed by atoms with Crippen LogP contribution in [0.25, 0.3) is 0 Å². The standard InChI is InChI=1S/C19H21BrN2O5S/c1-26-16-11-13(12-17(27-2)18(16)20)19(23)21-14-5-7-15(8-6-14)28(24,25)22-9-3-4-10-22/h5-8,11-12H,3-4,9-10H2,1-2H3,(H,21,23). The van der Waals surface area contributed by atoms with Crippen LogP contribution >= 0.6 is 15.9 Å². The van der Waals surface area contributed by atoms with Crippen molar-refractivity contribution < 1.29 is 22.7 Å². The highest BCUT2D eigenvalue weighted by molar-refractivity contribution is 9.10. The number of sulfonamides is 1. The molecule has 0 spiro atoms. The Bertz CT molecular complexity index is 945. The van der Waals surface area contributed by atoms with E-state index in [-0.39, 0.29) is 10.8 Å². The van der Waals surface area contributed by atoms with E-state index in [2.05, 4.69) is 21.2 Å². The number of rotatable bonds is 6. The molecular weight excluding hydrogens is 448 g/mol. The minimum Gasteiger partial charge on any atom is -0.495 e. The molecular formula is C19H21BrN2O5S. The van der Waals surface area contributed by atoms with E-state index < -0.39 is 10.0 Å². The van der Waals surface area contributed by atoms with Gasteiger partial charge in [-0.2, -0.15) is 4.31 Å². The fourth-order valence-corrected chi connectivity index (χ4v) is 5.06. The number of nitrogens with zero attached hydrogens (tertiary/aromatic N) is 1. The number of halogens is 1. The fraction of sp³-hybridized carbons (Fsp3) is 0.316. The highest BCUT2D eigenvalue weighted by Crippen LogP contribution is 2.35. The average molecular weight is 469 g/mol. The number of nitrogens with one attached hydrogen (secondary N) is 1. The molecule has 2 aromatic rings. The number of benzene rings is 2. The maximum absolute atomic E-state index is 12.6. The van der Waals surface area contributed by atoms with Crippen molar-refractivity contribution in [3.8, 4) is 11.5 Å². The van der Waals surface area contributed by atoms with Crippen LogP contribution in [-0.2, 0) is 10.0 Å². The minimum atomic E-state index is -3.48. The zero-order valence-corrected chi connectivity index (χ0v) is 18.0. The Labute approximate surface area is 172 Å². The fourth-order valence-electron chi connectivity index (χ4n) is 2.99. The molecule has 1 amide bonds. The first-order valence-electron chi connectivity index (χ1n) is 8.70. The van der Waals surface area contributed by atoms with Gasteiger partial charge >= 0.3 is 0 Å². The topological polar surface area (TPSA) is 84.9 Å². The Balaban J connectivity index is 1.78. The maximum atomic E-state index is 12.6. The smallest absolute Gasteiger partial charge is 0.255 e. The van der Waals surface area contributed by atoms with Gasteiger partial charge in [-0.05, 0) is 65.2 Å². The molecule has 0 unspecified atom stereocenters. The third kappa shape index (κ3) is 4.16. The molecule has 0 saturated carbocycles. The largest absolute Gasteiger partial charge is 0.495 e. The van der Waals surface area contributed by atoms with Crippen molar-refractivity contribution in [1.29, 1.82) is 0 Å². The summed E-state index contributed by atoms with van der Waals surface area (Å²) in [6.45, 7) is 1.10. The van der Waals surface area contributed by atoms with Crippen LogP contribution in [0.1, 0.15) is 23.2 Å². The van der Waals surface area contributed by atoms with Gasteiger partial charge in [0.1, 0.15) is 16.0 Å². The highest BCUT2D eigenvalue weighted by atomic mass is 79.9. The molecule has 0 atom stereocenters. The molecule has 3 rings (SSSR count). The van der Waals surface area contributed by atoms with Crippen molar-refractivity contribution in [3.05, 3.63) is 46.4 Å². The van der Waals surface area contributed by atoms with E-state index >= 15 is 0 Å². The van der Waals surface area contributed by atoms with Gasteiger partial charge in [-0.15, -0.1) is 0 Å². The first kappa shape index (κ1) is 20.6. The first-order valence-corrected chi connectivity index (χ1v) is 10.9. The van der Waals surface area contributed by atoms with Crippen molar-refractivity contribution >= 4 is 37.5 Å². The second kappa shape index (κ2) is 8.50. The van der Waals surface area contributed by atoms with Crippen LogP contribution in [0.5, 0.6) is 11.5 Å². The van der Waals surface area contributed by atoms with Crippen LogP contribution in [0.15, 0.2) is 45.8 Å². The number of carbonyl (C=O) groups excluding carboxylic acids is 1. The van der Waals surface area contributed by atoms with E-state index in [1.165, 1.54) is 30.7 Å². The van der Waals surface area contributed by atoms with E-state index in [0.29, 0.717) is 40.3 Å². The number of hydrogen-bond acceptors (Lipinski definition) is 5. The molecule has 150 valence electrons. The summed E-state index contributed by atoms with van der Waals surface area (Å²) in [4.78, 5) is 12.8. The average Bonchev–Trinajstić information content (AvgIpc) is 3.24. The minimum absolute atomic E-state index is 0.222. The van der Waals surface area contributed by atoms with Gasteiger partial charge in [0.25, 0.3) is 5.91 Å². The van der Waals surface area contributed by atoms with Gasteiger partial charge in [0.05, 0.1) is 19.1 Å². The van der Waals surface area contributed by atoms with Gasteiger partial charge in [0, 0.05) is 24.3 Å². The number of ether oxygens (including phenoxy) is 2. The molecule has 0 aromatic heterocycles. The summed E-state index contributed by atoms with van der Waals surface area (Å²) < 4.78 is 37.7. The predicted octanol–water partition coefficient (Wildman–Crippen LogP) is 3.50. The normalized spacial score (nSPS) is 14.7. The van der Waals surface area contributed by atoms with Gasteiger partial charge in [-0.1, -0.05) is 0 Å². The SMILES string of the molecule is COc1cc(C(=O)Nc2ccc(S(=O)(=O)N3CCCC3)cc2)cc(OC)c1Br. The second-order valence-electron chi connectivity index (χ2n) is 6.28. The van der Waals surface area contributed by atoms with Crippen LogP contribution in [0.3, 0.4) is 0 Å². The molecule has 1 aliphatic heterocycles. The summed E-state index contributed by atoms with van der Waals surface area (Å²) in [6, 6.07) is 9.35. The van der Waals surface area contributed by atoms with Crippen molar-refractivity contribution in [2.45, 2.75) is 17.7 Å². The number of anilines is 1. The van der Waals surface area contributed by atoms with Gasteiger partial charge in [0.15, 0.2) is 0 Å². The number of carbonyl (C=O) groups is 1. The predicted molar refractivity (Wildman–Crippen MR) is 110 cm³/mol. The van der Waals surface area contributed by atoms with Crippen LogP contribution in [0, 0.1) is 0 Å². The summed E-state index contributed by atoms with van der Waals surface area (Å²) in [6.07, 6.45) is 1.76. The van der Waals surface area contributed by atoms with Crippen LogP contribution in [0.4, 0.5) is 5.69 Å². The molecule has 28 heavy (non-hydrogen) atoms. The molecule has 1 saturated heterocycles. The Morgan fingerprint density at radius 1 is 1.04 bits per heavy atom. The number of amides is 1. The van der Waals surface area contributed by atoms with Gasteiger partial charge in [-0.25, -0.2) is 8.42 Å². The number of hydrogen-bond donors (Lipinski definition) is 1. The Morgan fingerprint density at radius 3 is 2.07 bits per heavy atom. The monoisotopic (exact) mass is 468 g/mol. The zero-order valence-electron chi connectivity index (χ0n) is 15.6. The molecule has 7 nitrogen and oxygen atoms in total. The second-order valence-corrected chi connectivity index (χ2v) is 9.02. The van der Waals surface area contributed by atoms with Crippen LogP contribution < -0.4 is 14.8 Å². The van der Waals surface area contributed by atoms with Crippen LogP contribution in [0.2, 0.25) is 0 Å². The molecule has 1 N–H and O–H groups in total. The molecule has 1 heterocycles. The molecule has 0 radical (unpaired) electrons. The van der Waals surface area contributed by atoms with E-state index in [4.69, 9.17) is 9.47 Å². The zero-order chi connectivity index (χ0) is 20.3. The van der Waals surface area contributed by atoms with Crippen molar-refractivity contribution in [2.24, 2.45) is 0 Å². The Hall–Kier alpha value is -2.10. The van der Waals surface area contributed by atoms with Crippen molar-refractivity contribution in [2.75, 3.05) is 32.6 Å². The van der Waals surface area contributed by atoms with E-state index in [9.17, 15) is 13.2 Å². The summed E-state index contributed by atoms with van der Waals surface area (Å²) in [7, 11) is -0.475. The lowest BCUT2D eigenvalue weighted by atomic mass is 10.1. The summed E-state index contributed by atoms with van der Waals surface area (Å²) >= 11 is 3.36. The lowest BCUT2D eigenvalue weighted by Gasteiger charge is -2.16. The van der Waals surface area contributed by atoms with Crippen LogP contribution in [-0.4, -0.2) is 45.9 Å². The molecule has 0 aliphatic carbocycles. The van der Waals surface area contributed by atoms with E-state index in [1.54, 1.807) is 24.3 Å². The van der Waals surface area contributed by atoms with E-state index in [1.807, 2.05) is 0 Å². The third-order valence-corrected chi connectivity index (χ3v) is 7.22. The molecule has 9 heteroatoms. The lowest BCUT2D eigenvalue weighted by molar-refractivity contribution is 0.102.